The summed E-state index contributed by atoms with van der Waals surface area (Å²) in [5.74, 6) is -0.165. The second-order valence-corrected chi connectivity index (χ2v) is 4.75. The van der Waals surface area contributed by atoms with E-state index in [0.717, 1.165) is 19.3 Å². The Balaban J connectivity index is 1.97. The molecule has 1 aromatic heterocycles. The van der Waals surface area contributed by atoms with Crippen molar-refractivity contribution < 1.29 is 9.53 Å². The molecule has 0 radical (unpaired) electrons. The number of nitrogens with two attached hydrogens (primary N) is 1. The molecular weight excluding hydrogens is 226 g/mol. The molecule has 0 aromatic carbocycles. The first-order chi connectivity index (χ1) is 7.70. The van der Waals surface area contributed by atoms with E-state index in [0.29, 0.717) is 10.8 Å². The van der Waals surface area contributed by atoms with Gasteiger partial charge < -0.3 is 15.8 Å². The first-order valence-electron chi connectivity index (χ1n) is 5.25. The third kappa shape index (κ3) is 2.33. The van der Waals surface area contributed by atoms with Crippen molar-refractivity contribution in [3.63, 3.8) is 0 Å². The van der Waals surface area contributed by atoms with Crippen LogP contribution in [-0.2, 0) is 4.74 Å². The molecule has 2 unspecified atom stereocenters. The van der Waals surface area contributed by atoms with Gasteiger partial charge in [-0.3, -0.25) is 4.79 Å². The van der Waals surface area contributed by atoms with Crippen molar-refractivity contribution >= 4 is 22.4 Å². The number of methoxy groups -OCH3 is 1. The Hall–Kier alpha value is -1.14. The molecule has 2 atom stereocenters. The zero-order chi connectivity index (χ0) is 11.5. The van der Waals surface area contributed by atoms with E-state index in [4.69, 9.17) is 10.5 Å². The number of hydrogen-bond donors (Lipinski definition) is 2. The molecule has 1 aromatic rings. The maximum Gasteiger partial charge on any atom is 0.271 e. The third-order valence-electron chi connectivity index (χ3n) is 2.83. The Bertz CT molecular complexity index is 380. The van der Waals surface area contributed by atoms with E-state index in [2.05, 4.69) is 10.3 Å². The standard InChI is InChI=1S/C10H15N3O2S/c1-15-8-4-2-3-6(8)12-9(14)7-5-16-10(11)13-7/h5-6,8H,2-4H2,1H3,(H2,11,13)(H,12,14). The summed E-state index contributed by atoms with van der Waals surface area (Å²) >= 11 is 1.27. The van der Waals surface area contributed by atoms with Crippen LogP contribution in [0.2, 0.25) is 0 Å². The lowest BCUT2D eigenvalue weighted by Gasteiger charge is -2.18. The predicted molar refractivity (Wildman–Crippen MR) is 62.4 cm³/mol. The van der Waals surface area contributed by atoms with Crippen molar-refractivity contribution in [2.75, 3.05) is 12.8 Å². The second kappa shape index (κ2) is 4.80. The lowest BCUT2D eigenvalue weighted by molar-refractivity contribution is 0.0720. The summed E-state index contributed by atoms with van der Waals surface area (Å²) in [6.07, 6.45) is 3.17. The lowest BCUT2D eigenvalue weighted by atomic mass is 10.2. The average molecular weight is 241 g/mol. The van der Waals surface area contributed by atoms with E-state index < -0.39 is 0 Å². The van der Waals surface area contributed by atoms with Crippen molar-refractivity contribution in [1.82, 2.24) is 10.3 Å². The van der Waals surface area contributed by atoms with Crippen LogP contribution in [0.3, 0.4) is 0 Å². The fourth-order valence-corrected chi connectivity index (χ4v) is 2.55. The molecule has 6 heteroatoms. The maximum absolute atomic E-state index is 11.8. The quantitative estimate of drug-likeness (QED) is 0.828. The topological polar surface area (TPSA) is 77.2 Å². The number of carbonyl (C=O) groups is 1. The molecule has 88 valence electrons. The minimum atomic E-state index is -0.165. The van der Waals surface area contributed by atoms with E-state index in [1.165, 1.54) is 11.3 Å². The number of carbonyl (C=O) groups excluding carboxylic acids is 1. The summed E-state index contributed by atoms with van der Waals surface area (Å²) < 4.78 is 5.31. The van der Waals surface area contributed by atoms with Crippen LogP contribution in [0, 0.1) is 0 Å². The van der Waals surface area contributed by atoms with E-state index >= 15 is 0 Å². The Morgan fingerprint density at radius 3 is 3.12 bits per heavy atom. The molecule has 1 saturated carbocycles. The highest BCUT2D eigenvalue weighted by Gasteiger charge is 2.29. The molecule has 0 saturated heterocycles. The molecule has 16 heavy (non-hydrogen) atoms. The highest BCUT2D eigenvalue weighted by molar-refractivity contribution is 7.13. The average Bonchev–Trinajstić information content (AvgIpc) is 2.86. The Morgan fingerprint density at radius 1 is 1.69 bits per heavy atom. The van der Waals surface area contributed by atoms with Crippen LogP contribution in [0.15, 0.2) is 5.38 Å². The highest BCUT2D eigenvalue weighted by atomic mass is 32.1. The van der Waals surface area contributed by atoms with Crippen LogP contribution in [0.1, 0.15) is 29.8 Å². The Morgan fingerprint density at radius 2 is 2.50 bits per heavy atom. The number of thiazole rings is 1. The largest absolute Gasteiger partial charge is 0.379 e. The molecule has 3 N–H and O–H groups in total. The summed E-state index contributed by atoms with van der Waals surface area (Å²) in [4.78, 5) is 15.7. The number of amides is 1. The van der Waals surface area contributed by atoms with Gasteiger partial charge in [-0.25, -0.2) is 4.98 Å². The summed E-state index contributed by atoms with van der Waals surface area (Å²) in [7, 11) is 1.68. The van der Waals surface area contributed by atoms with Gasteiger partial charge in [0.2, 0.25) is 0 Å². The van der Waals surface area contributed by atoms with Gasteiger partial charge in [0, 0.05) is 12.5 Å². The number of anilines is 1. The van der Waals surface area contributed by atoms with E-state index in [1.807, 2.05) is 0 Å². The number of nitrogens with one attached hydrogen (secondary N) is 1. The minimum absolute atomic E-state index is 0.0976. The Kier molecular flexibility index (Phi) is 3.40. The molecule has 0 aliphatic heterocycles. The minimum Gasteiger partial charge on any atom is -0.379 e. The van der Waals surface area contributed by atoms with E-state index in [1.54, 1.807) is 12.5 Å². The first kappa shape index (κ1) is 11.3. The SMILES string of the molecule is COC1CCCC1NC(=O)c1csc(N)n1. The molecule has 1 heterocycles. The van der Waals surface area contributed by atoms with Crippen LogP contribution < -0.4 is 11.1 Å². The normalized spacial score (nSPS) is 24.6. The molecule has 1 aliphatic rings. The molecule has 1 amide bonds. The van der Waals surface area contributed by atoms with Gasteiger partial charge >= 0.3 is 0 Å². The number of aromatic nitrogens is 1. The van der Waals surface area contributed by atoms with Crippen LogP contribution in [-0.4, -0.2) is 30.1 Å². The van der Waals surface area contributed by atoms with Crippen molar-refractivity contribution in [1.29, 1.82) is 0 Å². The monoisotopic (exact) mass is 241 g/mol. The van der Waals surface area contributed by atoms with Gasteiger partial charge in [0.25, 0.3) is 5.91 Å². The fourth-order valence-electron chi connectivity index (χ4n) is 2.01. The van der Waals surface area contributed by atoms with Gasteiger partial charge in [-0.05, 0) is 19.3 Å². The zero-order valence-corrected chi connectivity index (χ0v) is 9.92. The summed E-state index contributed by atoms with van der Waals surface area (Å²) in [6, 6.07) is 0.0976. The van der Waals surface area contributed by atoms with Gasteiger partial charge in [0.05, 0.1) is 12.1 Å². The van der Waals surface area contributed by atoms with E-state index in [-0.39, 0.29) is 18.1 Å². The van der Waals surface area contributed by atoms with Crippen LogP contribution in [0.25, 0.3) is 0 Å². The number of nitrogen functional groups attached to an aromatic ring is 1. The number of rotatable bonds is 3. The maximum atomic E-state index is 11.8. The molecule has 0 spiro atoms. The number of ether oxygens (including phenoxy) is 1. The highest BCUT2D eigenvalue weighted by Crippen LogP contribution is 2.22. The number of hydrogen-bond acceptors (Lipinski definition) is 5. The van der Waals surface area contributed by atoms with Crippen LogP contribution in [0.4, 0.5) is 5.13 Å². The Labute approximate surface area is 98.0 Å². The van der Waals surface area contributed by atoms with Crippen molar-refractivity contribution in [3.8, 4) is 0 Å². The van der Waals surface area contributed by atoms with Gasteiger partial charge in [-0.15, -0.1) is 11.3 Å². The molecule has 5 nitrogen and oxygen atoms in total. The van der Waals surface area contributed by atoms with Gasteiger partial charge in [-0.1, -0.05) is 0 Å². The van der Waals surface area contributed by atoms with Crippen molar-refractivity contribution in [2.24, 2.45) is 0 Å². The fraction of sp³-hybridized carbons (Fsp3) is 0.600. The van der Waals surface area contributed by atoms with E-state index in [9.17, 15) is 4.79 Å². The third-order valence-corrected chi connectivity index (χ3v) is 3.50. The van der Waals surface area contributed by atoms with Crippen molar-refractivity contribution in [3.05, 3.63) is 11.1 Å². The predicted octanol–water partition coefficient (Wildman–Crippen LogP) is 1.02. The lowest BCUT2D eigenvalue weighted by Crippen LogP contribution is -2.40. The smallest absolute Gasteiger partial charge is 0.271 e. The van der Waals surface area contributed by atoms with Gasteiger partial charge in [-0.2, -0.15) is 0 Å². The zero-order valence-electron chi connectivity index (χ0n) is 9.10. The molecule has 1 fully saturated rings. The first-order valence-corrected chi connectivity index (χ1v) is 6.13. The summed E-state index contributed by atoms with van der Waals surface area (Å²) in [5, 5.41) is 5.02. The van der Waals surface area contributed by atoms with Gasteiger partial charge in [0.1, 0.15) is 5.69 Å². The van der Waals surface area contributed by atoms with Gasteiger partial charge in [0.15, 0.2) is 5.13 Å². The number of nitrogens with zero attached hydrogens (tertiary/aromatic N) is 1. The second-order valence-electron chi connectivity index (χ2n) is 3.86. The molecule has 1 aliphatic carbocycles. The summed E-state index contributed by atoms with van der Waals surface area (Å²) in [6.45, 7) is 0. The molecule has 0 bridgehead atoms. The van der Waals surface area contributed by atoms with Crippen LogP contribution >= 0.6 is 11.3 Å². The van der Waals surface area contributed by atoms with Crippen molar-refractivity contribution in [2.45, 2.75) is 31.4 Å². The molecule has 2 rings (SSSR count). The summed E-state index contributed by atoms with van der Waals surface area (Å²) in [5.41, 5.74) is 5.87. The molecular formula is C10H15N3O2S. The van der Waals surface area contributed by atoms with Crippen LogP contribution in [0.5, 0.6) is 0 Å².